The van der Waals surface area contributed by atoms with Crippen molar-refractivity contribution in [2.75, 3.05) is 13.1 Å². The zero-order chi connectivity index (χ0) is 22.4. The molecule has 0 atom stereocenters. The van der Waals surface area contributed by atoms with Crippen molar-refractivity contribution in [1.29, 1.82) is 0 Å². The normalized spacial score (nSPS) is 11.5. The summed E-state index contributed by atoms with van der Waals surface area (Å²) in [6.07, 6.45) is -3.86. The Morgan fingerprint density at radius 3 is 2.35 bits per heavy atom. The Kier molecular flexibility index (Phi) is 6.78. The summed E-state index contributed by atoms with van der Waals surface area (Å²) in [5, 5.41) is 5.16. The molecular weight excluding hydrogens is 415 g/mol. The molecule has 2 N–H and O–H groups in total. The molecule has 2 amide bonds. The Balaban J connectivity index is 1.37. The molecule has 10 heteroatoms. The number of para-hydroxylation sites is 2. The van der Waals surface area contributed by atoms with Crippen molar-refractivity contribution >= 4 is 22.9 Å². The molecule has 0 aliphatic rings. The number of hydrogen-bond acceptors (Lipinski definition) is 4. The van der Waals surface area contributed by atoms with Crippen molar-refractivity contribution < 1.29 is 27.2 Å². The first kappa shape index (κ1) is 22.1. The third kappa shape index (κ3) is 5.74. The lowest BCUT2D eigenvalue weighted by Gasteiger charge is -2.09. The van der Waals surface area contributed by atoms with E-state index in [0.29, 0.717) is 24.1 Å². The molecule has 0 unspecified atom stereocenters. The van der Waals surface area contributed by atoms with Gasteiger partial charge in [-0.2, -0.15) is 13.2 Å². The number of halogens is 3. The zero-order valence-electron chi connectivity index (χ0n) is 16.4. The molecule has 0 radical (unpaired) electrons. The van der Waals surface area contributed by atoms with Gasteiger partial charge in [-0.05, 0) is 42.8 Å². The van der Waals surface area contributed by atoms with Gasteiger partial charge in [-0.3, -0.25) is 14.2 Å². The maximum Gasteiger partial charge on any atom is 0.419 e. The van der Waals surface area contributed by atoms with Crippen LogP contribution in [0.3, 0.4) is 0 Å². The van der Waals surface area contributed by atoms with Gasteiger partial charge in [0, 0.05) is 31.6 Å². The molecule has 3 aromatic rings. The number of aromatic nitrogens is 1. The van der Waals surface area contributed by atoms with E-state index in [9.17, 15) is 27.6 Å². The second-order valence-corrected chi connectivity index (χ2v) is 6.77. The highest BCUT2D eigenvalue weighted by molar-refractivity contribution is 5.94. The Bertz CT molecular complexity index is 1120. The van der Waals surface area contributed by atoms with Gasteiger partial charge in [0.15, 0.2) is 5.58 Å². The van der Waals surface area contributed by atoms with Gasteiger partial charge in [0.25, 0.3) is 5.91 Å². The fourth-order valence-electron chi connectivity index (χ4n) is 3.00. The summed E-state index contributed by atoms with van der Waals surface area (Å²) in [5.41, 5.74) is 0.415. The van der Waals surface area contributed by atoms with Crippen LogP contribution in [0.1, 0.15) is 28.8 Å². The standard InChI is InChI=1S/C21H20F3N3O4/c22-21(23,24)15-9-7-14(8-10-15)19(29)26-12-11-25-18(28)6-3-13-27-16-4-1-2-5-17(16)31-20(27)30/h1-2,4-5,7-10H,3,6,11-13H2,(H,25,28)(H,26,29). The van der Waals surface area contributed by atoms with Crippen molar-refractivity contribution in [3.05, 3.63) is 70.2 Å². The molecule has 3 rings (SSSR count). The van der Waals surface area contributed by atoms with E-state index in [1.165, 1.54) is 4.57 Å². The number of carbonyl (C=O) groups excluding carboxylic acids is 2. The number of fused-ring (bicyclic) bond motifs is 1. The van der Waals surface area contributed by atoms with E-state index in [4.69, 9.17) is 4.42 Å². The first-order valence-electron chi connectivity index (χ1n) is 9.56. The maximum atomic E-state index is 12.5. The number of nitrogens with zero attached hydrogens (tertiary/aromatic N) is 1. The minimum atomic E-state index is -4.46. The lowest BCUT2D eigenvalue weighted by Crippen LogP contribution is -2.34. The van der Waals surface area contributed by atoms with E-state index >= 15 is 0 Å². The molecule has 0 saturated heterocycles. The molecule has 31 heavy (non-hydrogen) atoms. The average molecular weight is 435 g/mol. The van der Waals surface area contributed by atoms with Gasteiger partial charge in [-0.15, -0.1) is 0 Å². The quantitative estimate of drug-likeness (QED) is 0.532. The largest absolute Gasteiger partial charge is 0.419 e. The van der Waals surface area contributed by atoms with Crippen molar-refractivity contribution in [3.8, 4) is 0 Å². The summed E-state index contributed by atoms with van der Waals surface area (Å²) in [5.74, 6) is -1.26. The highest BCUT2D eigenvalue weighted by Gasteiger charge is 2.30. The number of rotatable bonds is 8. The lowest BCUT2D eigenvalue weighted by atomic mass is 10.1. The number of hydrogen-bond donors (Lipinski definition) is 2. The molecule has 0 bridgehead atoms. The Labute approximate surface area is 174 Å². The van der Waals surface area contributed by atoms with Gasteiger partial charge < -0.3 is 15.1 Å². The van der Waals surface area contributed by atoms with Gasteiger partial charge >= 0.3 is 11.9 Å². The van der Waals surface area contributed by atoms with Gasteiger partial charge in [0.05, 0.1) is 11.1 Å². The fourth-order valence-corrected chi connectivity index (χ4v) is 3.00. The first-order valence-corrected chi connectivity index (χ1v) is 9.56. The van der Waals surface area contributed by atoms with E-state index in [-0.39, 0.29) is 31.0 Å². The van der Waals surface area contributed by atoms with E-state index < -0.39 is 23.4 Å². The Morgan fingerprint density at radius 1 is 0.968 bits per heavy atom. The van der Waals surface area contributed by atoms with Crippen LogP contribution in [-0.2, 0) is 17.5 Å². The van der Waals surface area contributed by atoms with Crippen molar-refractivity contribution in [3.63, 3.8) is 0 Å². The predicted molar refractivity (Wildman–Crippen MR) is 106 cm³/mol. The monoisotopic (exact) mass is 435 g/mol. The minimum Gasteiger partial charge on any atom is -0.408 e. The summed E-state index contributed by atoms with van der Waals surface area (Å²) >= 11 is 0. The van der Waals surface area contributed by atoms with Gasteiger partial charge in [0.2, 0.25) is 5.91 Å². The number of amides is 2. The number of benzene rings is 2. The average Bonchev–Trinajstić information content (AvgIpc) is 3.06. The summed E-state index contributed by atoms with van der Waals surface area (Å²) in [7, 11) is 0. The SMILES string of the molecule is O=C(CCCn1c(=O)oc2ccccc21)NCCNC(=O)c1ccc(C(F)(F)F)cc1. The molecule has 1 heterocycles. The zero-order valence-corrected chi connectivity index (χ0v) is 16.4. The van der Waals surface area contributed by atoms with E-state index in [0.717, 1.165) is 24.3 Å². The third-order valence-corrected chi connectivity index (χ3v) is 4.57. The van der Waals surface area contributed by atoms with E-state index in [1.54, 1.807) is 24.3 Å². The minimum absolute atomic E-state index is 0.0945. The fraction of sp³-hybridized carbons (Fsp3) is 0.286. The maximum absolute atomic E-state index is 12.5. The molecule has 0 spiro atoms. The van der Waals surface area contributed by atoms with Crippen LogP contribution in [-0.4, -0.2) is 29.5 Å². The molecular formula is C21H20F3N3O4. The predicted octanol–water partition coefficient (Wildman–Crippen LogP) is 2.94. The van der Waals surface area contributed by atoms with Crippen molar-refractivity contribution in [2.45, 2.75) is 25.6 Å². The molecule has 0 aliphatic carbocycles. The number of oxazole rings is 1. The van der Waals surface area contributed by atoms with Crippen LogP contribution < -0.4 is 16.4 Å². The highest BCUT2D eigenvalue weighted by atomic mass is 19.4. The Morgan fingerprint density at radius 2 is 1.65 bits per heavy atom. The highest BCUT2D eigenvalue weighted by Crippen LogP contribution is 2.29. The van der Waals surface area contributed by atoms with Crippen LogP contribution in [0.15, 0.2) is 57.7 Å². The number of alkyl halides is 3. The summed E-state index contributed by atoms with van der Waals surface area (Å²) in [4.78, 5) is 35.7. The van der Waals surface area contributed by atoms with Gasteiger partial charge in [0.1, 0.15) is 0 Å². The van der Waals surface area contributed by atoms with Gasteiger partial charge in [-0.25, -0.2) is 4.79 Å². The van der Waals surface area contributed by atoms with Crippen molar-refractivity contribution in [2.24, 2.45) is 0 Å². The molecule has 0 aliphatic heterocycles. The number of carbonyl (C=O) groups is 2. The smallest absolute Gasteiger partial charge is 0.408 e. The van der Waals surface area contributed by atoms with Gasteiger partial charge in [-0.1, -0.05) is 12.1 Å². The topological polar surface area (TPSA) is 93.3 Å². The number of aryl methyl sites for hydroxylation is 1. The van der Waals surface area contributed by atoms with Crippen LogP contribution in [0.4, 0.5) is 13.2 Å². The number of nitrogens with one attached hydrogen (secondary N) is 2. The van der Waals surface area contributed by atoms with Crippen LogP contribution >= 0.6 is 0 Å². The molecule has 164 valence electrons. The van der Waals surface area contributed by atoms with Crippen LogP contribution in [0, 0.1) is 0 Å². The molecule has 2 aromatic carbocycles. The second kappa shape index (κ2) is 9.50. The lowest BCUT2D eigenvalue weighted by molar-refractivity contribution is -0.137. The molecule has 1 aromatic heterocycles. The second-order valence-electron chi connectivity index (χ2n) is 6.77. The van der Waals surface area contributed by atoms with Crippen LogP contribution in [0.5, 0.6) is 0 Å². The van der Waals surface area contributed by atoms with E-state index in [1.807, 2.05) is 0 Å². The summed E-state index contributed by atoms with van der Waals surface area (Å²) < 4.78 is 44.2. The van der Waals surface area contributed by atoms with E-state index in [2.05, 4.69) is 10.6 Å². The molecule has 7 nitrogen and oxygen atoms in total. The first-order chi connectivity index (χ1) is 14.8. The summed E-state index contributed by atoms with van der Waals surface area (Å²) in [6.45, 7) is 0.616. The molecule has 0 saturated carbocycles. The Hall–Kier alpha value is -3.56. The summed E-state index contributed by atoms with van der Waals surface area (Å²) in [6, 6.07) is 10.9. The van der Waals surface area contributed by atoms with Crippen molar-refractivity contribution in [1.82, 2.24) is 15.2 Å². The van der Waals surface area contributed by atoms with Crippen LogP contribution in [0.2, 0.25) is 0 Å². The van der Waals surface area contributed by atoms with Crippen LogP contribution in [0.25, 0.3) is 11.1 Å². The third-order valence-electron chi connectivity index (χ3n) is 4.57. The molecule has 0 fully saturated rings.